The first-order valence-corrected chi connectivity index (χ1v) is 6.42. The molecule has 0 amide bonds. The number of ether oxygens (including phenoxy) is 4. The second-order valence-corrected chi connectivity index (χ2v) is 4.54. The summed E-state index contributed by atoms with van der Waals surface area (Å²) in [5.41, 5.74) is 0. The van der Waals surface area contributed by atoms with E-state index in [4.69, 9.17) is 18.9 Å². The molecule has 19 heavy (non-hydrogen) atoms. The maximum Gasteiger partial charge on any atom is 0.513 e. The molecule has 0 N–H and O–H groups in total. The lowest BCUT2D eigenvalue weighted by atomic mass is 10.3. The molecule has 0 saturated heterocycles. The van der Waals surface area contributed by atoms with Gasteiger partial charge >= 0.3 is 12.1 Å². The zero-order valence-electron chi connectivity index (χ0n) is 10.5. The quantitative estimate of drug-likeness (QED) is 0.257. The molecular weight excluding hydrogens is 367 g/mol. The van der Waals surface area contributed by atoms with Gasteiger partial charge in [0.2, 0.25) is 0 Å². The highest BCUT2D eigenvalue weighted by Crippen LogP contribution is 2.26. The van der Waals surface area contributed by atoms with Gasteiger partial charge in [-0.05, 0) is 40.8 Å². The Morgan fingerprint density at radius 3 is 2.53 bits per heavy atom. The van der Waals surface area contributed by atoms with Crippen LogP contribution >= 0.6 is 22.6 Å². The smallest absolute Gasteiger partial charge is 0.432 e. The summed E-state index contributed by atoms with van der Waals surface area (Å²) in [5.74, 6) is 0.307. The second kappa shape index (κ2) is 7.95. The fraction of sp³-hybridized carbons (Fsp3) is 0.333. The molecule has 7 heteroatoms. The van der Waals surface area contributed by atoms with Gasteiger partial charge < -0.3 is 18.9 Å². The van der Waals surface area contributed by atoms with Gasteiger partial charge in [0.05, 0.1) is 10.2 Å². The number of methoxy groups -OCH3 is 1. The zero-order valence-corrected chi connectivity index (χ0v) is 12.6. The van der Waals surface area contributed by atoms with E-state index in [1.165, 1.54) is 20.1 Å². The Bertz CT molecular complexity index is 460. The van der Waals surface area contributed by atoms with Gasteiger partial charge in [0.15, 0.2) is 0 Å². The number of hydrogen-bond acceptors (Lipinski definition) is 6. The molecule has 6 nitrogen and oxygen atoms in total. The fourth-order valence-electron chi connectivity index (χ4n) is 1.12. The minimum Gasteiger partial charge on any atom is -0.432 e. The van der Waals surface area contributed by atoms with E-state index < -0.39 is 12.1 Å². The first-order chi connectivity index (χ1) is 9.02. The second-order valence-electron chi connectivity index (χ2n) is 3.38. The Balaban J connectivity index is 2.58. The molecule has 0 heterocycles. The van der Waals surface area contributed by atoms with Gasteiger partial charge in [0.25, 0.3) is 0 Å². The fourth-order valence-corrected chi connectivity index (χ4v) is 1.71. The van der Waals surface area contributed by atoms with E-state index in [-0.39, 0.29) is 6.61 Å². The van der Waals surface area contributed by atoms with Gasteiger partial charge in [-0.3, -0.25) is 4.79 Å². The molecule has 1 aromatic carbocycles. The first kappa shape index (κ1) is 15.7. The van der Waals surface area contributed by atoms with Gasteiger partial charge in [-0.25, -0.2) is 4.79 Å². The molecule has 1 rings (SSSR count). The van der Waals surface area contributed by atoms with Gasteiger partial charge in [0.1, 0.15) is 18.1 Å². The molecule has 0 aliphatic carbocycles. The van der Waals surface area contributed by atoms with E-state index in [0.717, 1.165) is 0 Å². The Morgan fingerprint density at radius 1 is 1.21 bits per heavy atom. The molecule has 1 aromatic rings. The highest BCUT2D eigenvalue weighted by atomic mass is 127. The summed E-state index contributed by atoms with van der Waals surface area (Å²) < 4.78 is 20.0. The number of hydrogen-bond donors (Lipinski definition) is 0. The Morgan fingerprint density at radius 2 is 1.95 bits per heavy atom. The molecule has 0 atom stereocenters. The molecule has 0 unspecified atom stereocenters. The van der Waals surface area contributed by atoms with E-state index in [0.29, 0.717) is 21.7 Å². The monoisotopic (exact) mass is 380 g/mol. The third-order valence-corrected chi connectivity index (χ3v) is 2.71. The standard InChI is InChI=1S/C12H13IO6/c1-8(14)18-11-4-3-9(7-10(11)13)19-12(15)17-6-5-16-2/h3-4,7H,5-6H2,1-2H3. The Labute approximate surface area is 124 Å². The van der Waals surface area contributed by atoms with Crippen molar-refractivity contribution in [2.45, 2.75) is 6.92 Å². The Hall–Kier alpha value is -1.35. The van der Waals surface area contributed by atoms with Crippen LogP contribution in [-0.2, 0) is 14.3 Å². The third-order valence-electron chi connectivity index (χ3n) is 1.87. The predicted molar refractivity (Wildman–Crippen MR) is 74.3 cm³/mol. The van der Waals surface area contributed by atoms with Gasteiger partial charge in [0, 0.05) is 14.0 Å². The lowest BCUT2D eigenvalue weighted by molar-refractivity contribution is -0.131. The number of halogens is 1. The summed E-state index contributed by atoms with van der Waals surface area (Å²) in [6.45, 7) is 1.74. The molecular formula is C12H13IO6. The average Bonchev–Trinajstić information content (AvgIpc) is 2.32. The number of rotatable bonds is 5. The van der Waals surface area contributed by atoms with Crippen LogP contribution in [0.5, 0.6) is 11.5 Å². The van der Waals surface area contributed by atoms with Crippen molar-refractivity contribution >= 4 is 34.7 Å². The van der Waals surface area contributed by atoms with Crippen LogP contribution in [0.4, 0.5) is 4.79 Å². The molecule has 0 aliphatic rings. The van der Waals surface area contributed by atoms with Crippen molar-refractivity contribution in [1.82, 2.24) is 0 Å². The van der Waals surface area contributed by atoms with Gasteiger partial charge in [-0.15, -0.1) is 0 Å². The summed E-state index contributed by atoms with van der Waals surface area (Å²) in [6, 6.07) is 4.62. The molecule has 0 aromatic heterocycles. The highest BCUT2D eigenvalue weighted by molar-refractivity contribution is 14.1. The highest BCUT2D eigenvalue weighted by Gasteiger charge is 2.09. The van der Waals surface area contributed by atoms with Gasteiger partial charge in [-0.1, -0.05) is 0 Å². The van der Waals surface area contributed by atoms with Crippen molar-refractivity contribution in [1.29, 1.82) is 0 Å². The van der Waals surface area contributed by atoms with Crippen LogP contribution in [0.2, 0.25) is 0 Å². The molecule has 0 saturated carbocycles. The van der Waals surface area contributed by atoms with Crippen LogP contribution in [0, 0.1) is 3.57 Å². The van der Waals surface area contributed by atoms with Crippen LogP contribution in [0.15, 0.2) is 18.2 Å². The minimum absolute atomic E-state index is 0.123. The van der Waals surface area contributed by atoms with E-state index >= 15 is 0 Å². The Kier molecular flexibility index (Phi) is 6.57. The normalized spacial score (nSPS) is 9.84. The van der Waals surface area contributed by atoms with E-state index in [1.54, 1.807) is 12.1 Å². The first-order valence-electron chi connectivity index (χ1n) is 5.34. The van der Waals surface area contributed by atoms with E-state index in [9.17, 15) is 9.59 Å². The van der Waals surface area contributed by atoms with Crippen molar-refractivity contribution in [3.05, 3.63) is 21.8 Å². The van der Waals surface area contributed by atoms with Crippen LogP contribution in [0.25, 0.3) is 0 Å². The average molecular weight is 380 g/mol. The summed E-state index contributed by atoms with van der Waals surface area (Å²) in [4.78, 5) is 22.1. The molecule has 0 bridgehead atoms. The minimum atomic E-state index is -0.812. The van der Waals surface area contributed by atoms with Crippen LogP contribution in [-0.4, -0.2) is 32.4 Å². The van der Waals surface area contributed by atoms with Crippen molar-refractivity contribution in [2.24, 2.45) is 0 Å². The molecule has 0 radical (unpaired) electrons. The molecule has 104 valence electrons. The number of carbonyl (C=O) groups excluding carboxylic acids is 2. The summed E-state index contributed by atoms with van der Waals surface area (Å²) in [7, 11) is 1.50. The van der Waals surface area contributed by atoms with Gasteiger partial charge in [-0.2, -0.15) is 0 Å². The van der Waals surface area contributed by atoms with E-state index in [1.807, 2.05) is 22.6 Å². The zero-order chi connectivity index (χ0) is 14.3. The van der Waals surface area contributed by atoms with Crippen LogP contribution in [0.1, 0.15) is 6.92 Å². The topological polar surface area (TPSA) is 71.1 Å². The van der Waals surface area contributed by atoms with Crippen molar-refractivity contribution in [2.75, 3.05) is 20.3 Å². The third kappa shape index (κ3) is 5.88. The lowest BCUT2D eigenvalue weighted by Gasteiger charge is -2.08. The SMILES string of the molecule is COCCOC(=O)Oc1ccc(OC(C)=O)c(I)c1. The predicted octanol–water partition coefficient (Wildman–Crippen LogP) is 2.38. The summed E-state index contributed by atoms with van der Waals surface area (Å²) in [5, 5.41) is 0. The van der Waals surface area contributed by atoms with Crippen LogP contribution in [0.3, 0.4) is 0 Å². The number of esters is 1. The lowest BCUT2D eigenvalue weighted by Crippen LogP contribution is -2.14. The maximum atomic E-state index is 11.3. The van der Waals surface area contributed by atoms with E-state index in [2.05, 4.69) is 0 Å². The summed E-state index contributed by atoms with van der Waals surface area (Å²) >= 11 is 1.97. The molecule has 0 aliphatic heterocycles. The summed E-state index contributed by atoms with van der Waals surface area (Å²) in [6.07, 6.45) is -0.812. The molecule has 0 spiro atoms. The van der Waals surface area contributed by atoms with Crippen molar-refractivity contribution in [3.63, 3.8) is 0 Å². The van der Waals surface area contributed by atoms with Crippen molar-refractivity contribution < 1.29 is 28.5 Å². The number of carbonyl (C=O) groups is 2. The molecule has 0 fully saturated rings. The van der Waals surface area contributed by atoms with Crippen LogP contribution < -0.4 is 9.47 Å². The maximum absolute atomic E-state index is 11.3. The number of benzene rings is 1. The van der Waals surface area contributed by atoms with Crippen molar-refractivity contribution in [3.8, 4) is 11.5 Å². The largest absolute Gasteiger partial charge is 0.513 e.